The van der Waals surface area contributed by atoms with E-state index in [9.17, 15) is 0 Å². The van der Waals surface area contributed by atoms with Gasteiger partial charge in [0.25, 0.3) is 0 Å². The van der Waals surface area contributed by atoms with E-state index in [1.54, 1.807) is 0 Å². The van der Waals surface area contributed by atoms with Crippen LogP contribution in [0, 0.1) is 0 Å². The second-order valence-corrected chi connectivity index (χ2v) is 7.61. The van der Waals surface area contributed by atoms with Crippen molar-refractivity contribution in [2.24, 2.45) is 0 Å². The number of hydrogen-bond donors (Lipinski definition) is 1. The molecule has 2 radical (unpaired) electrons. The lowest BCUT2D eigenvalue weighted by Gasteiger charge is -2.34. The molecular weight excluding hydrogens is 190 g/mol. The molecule has 2 nitrogen and oxygen atoms in total. The molecule has 3 heteroatoms. The van der Waals surface area contributed by atoms with Crippen LogP contribution in [-0.2, 0) is 4.43 Å². The smallest absolute Gasteiger partial charge is 0.236 e. The predicted molar refractivity (Wildman–Crippen MR) is 61.7 cm³/mol. The lowest BCUT2D eigenvalue weighted by Crippen LogP contribution is -2.46. The molecule has 1 atom stereocenters. The van der Waals surface area contributed by atoms with E-state index in [-0.39, 0.29) is 10.6 Å². The van der Waals surface area contributed by atoms with Gasteiger partial charge >= 0.3 is 0 Å². The summed E-state index contributed by atoms with van der Waals surface area (Å²) in [6.07, 6.45) is 2.54. The van der Waals surface area contributed by atoms with Crippen molar-refractivity contribution in [1.82, 2.24) is 5.32 Å². The van der Waals surface area contributed by atoms with E-state index in [4.69, 9.17) is 4.43 Å². The molecular formula is C11H23NOSi. The minimum atomic E-state index is -0.0117. The van der Waals surface area contributed by atoms with Crippen LogP contribution < -0.4 is 5.32 Å². The molecule has 14 heavy (non-hydrogen) atoms. The molecule has 1 saturated heterocycles. The normalized spacial score (nSPS) is 24.2. The molecule has 82 valence electrons. The van der Waals surface area contributed by atoms with Crippen molar-refractivity contribution in [2.75, 3.05) is 6.54 Å². The van der Waals surface area contributed by atoms with Gasteiger partial charge in [0.15, 0.2) is 0 Å². The molecule has 1 aliphatic rings. The molecule has 0 aromatic carbocycles. The van der Waals surface area contributed by atoms with E-state index in [0.717, 1.165) is 6.54 Å². The summed E-state index contributed by atoms with van der Waals surface area (Å²) in [6, 6.07) is 0.539. The van der Waals surface area contributed by atoms with Crippen LogP contribution in [0.2, 0.25) is 5.04 Å². The highest BCUT2D eigenvalue weighted by atomic mass is 28.2. The Morgan fingerprint density at radius 2 is 1.86 bits per heavy atom. The largest absolute Gasteiger partial charge is 0.410 e. The fourth-order valence-corrected chi connectivity index (χ4v) is 2.35. The van der Waals surface area contributed by atoms with Crippen LogP contribution in [0.5, 0.6) is 0 Å². The molecule has 1 heterocycles. The van der Waals surface area contributed by atoms with E-state index >= 15 is 0 Å². The predicted octanol–water partition coefficient (Wildman–Crippen LogP) is 2.37. The molecule has 0 unspecified atom stereocenters. The van der Waals surface area contributed by atoms with E-state index in [1.807, 2.05) is 0 Å². The van der Waals surface area contributed by atoms with Crippen molar-refractivity contribution in [3.05, 3.63) is 0 Å². The first kappa shape index (κ1) is 12.2. The Kier molecular flexibility index (Phi) is 3.78. The summed E-state index contributed by atoms with van der Waals surface area (Å²) in [5.41, 5.74) is -0.0117. The molecule has 0 aromatic heterocycles. The van der Waals surface area contributed by atoms with Crippen LogP contribution in [0.4, 0.5) is 0 Å². The molecule has 1 rings (SSSR count). The van der Waals surface area contributed by atoms with E-state index in [2.05, 4.69) is 39.9 Å². The zero-order chi connectivity index (χ0) is 10.8. The Morgan fingerprint density at radius 3 is 2.29 bits per heavy atom. The monoisotopic (exact) mass is 213 g/mol. The minimum Gasteiger partial charge on any atom is -0.410 e. The second-order valence-electron chi connectivity index (χ2n) is 5.71. The zero-order valence-corrected chi connectivity index (χ0v) is 11.1. The minimum absolute atomic E-state index is 0.0117. The Hall–Kier alpha value is 0.137. The lowest BCUT2D eigenvalue weighted by molar-refractivity contribution is 0.0720. The summed E-state index contributed by atoms with van der Waals surface area (Å²) >= 11 is 0. The molecule has 0 aliphatic carbocycles. The molecule has 0 spiro atoms. The van der Waals surface area contributed by atoms with E-state index in [1.165, 1.54) is 12.8 Å². The number of nitrogens with one attached hydrogen (secondary N) is 1. The molecule has 1 fully saturated rings. The third-order valence-electron chi connectivity index (χ3n) is 2.52. The SMILES string of the molecule is CC(C)(C)[Si]OC(C)(C)[C@@H]1CCCN1. The van der Waals surface area contributed by atoms with Crippen molar-refractivity contribution >= 4 is 9.76 Å². The van der Waals surface area contributed by atoms with E-state index in [0.29, 0.717) is 15.8 Å². The first-order valence-corrected chi connectivity index (χ1v) is 6.41. The van der Waals surface area contributed by atoms with Gasteiger partial charge in [0, 0.05) is 6.04 Å². The highest BCUT2D eigenvalue weighted by Crippen LogP contribution is 2.27. The Morgan fingerprint density at radius 1 is 1.21 bits per heavy atom. The van der Waals surface area contributed by atoms with Crippen LogP contribution in [0.3, 0.4) is 0 Å². The fourth-order valence-electron chi connectivity index (χ4n) is 1.63. The molecule has 0 bridgehead atoms. The first-order valence-electron chi connectivity index (χ1n) is 5.50. The average Bonchev–Trinajstić information content (AvgIpc) is 2.52. The van der Waals surface area contributed by atoms with Crippen molar-refractivity contribution in [3.8, 4) is 0 Å². The maximum atomic E-state index is 6.04. The highest BCUT2D eigenvalue weighted by Gasteiger charge is 2.33. The van der Waals surface area contributed by atoms with Gasteiger partial charge < -0.3 is 9.74 Å². The Balaban J connectivity index is 2.40. The van der Waals surface area contributed by atoms with Crippen molar-refractivity contribution in [1.29, 1.82) is 0 Å². The summed E-state index contributed by atoms with van der Waals surface area (Å²) in [4.78, 5) is 0. The maximum absolute atomic E-state index is 6.04. The highest BCUT2D eigenvalue weighted by molar-refractivity contribution is 6.31. The topological polar surface area (TPSA) is 21.3 Å². The molecule has 0 amide bonds. The third kappa shape index (κ3) is 3.71. The van der Waals surface area contributed by atoms with Gasteiger partial charge in [-0.15, -0.1) is 0 Å². The summed E-state index contributed by atoms with van der Waals surface area (Å²) in [7, 11) is 0.580. The summed E-state index contributed by atoms with van der Waals surface area (Å²) in [5.74, 6) is 0. The van der Waals surface area contributed by atoms with Crippen LogP contribution >= 0.6 is 0 Å². The van der Waals surface area contributed by atoms with Crippen LogP contribution in [0.1, 0.15) is 47.5 Å². The average molecular weight is 213 g/mol. The van der Waals surface area contributed by atoms with Crippen LogP contribution in [-0.4, -0.2) is 28.0 Å². The van der Waals surface area contributed by atoms with Gasteiger partial charge in [-0.3, -0.25) is 0 Å². The van der Waals surface area contributed by atoms with Crippen molar-refractivity contribution < 1.29 is 4.43 Å². The number of hydrogen-bond acceptors (Lipinski definition) is 2. The molecule has 0 aromatic rings. The number of rotatable bonds is 3. The van der Waals surface area contributed by atoms with Crippen molar-refractivity contribution in [3.63, 3.8) is 0 Å². The second kappa shape index (κ2) is 4.33. The summed E-state index contributed by atoms with van der Waals surface area (Å²) in [5, 5.41) is 3.80. The quantitative estimate of drug-likeness (QED) is 0.727. The zero-order valence-electron chi connectivity index (χ0n) is 10.1. The molecule has 0 saturated carbocycles. The van der Waals surface area contributed by atoms with Gasteiger partial charge in [-0.1, -0.05) is 20.8 Å². The Labute approximate surface area is 90.7 Å². The molecule has 1 aliphatic heterocycles. The van der Waals surface area contributed by atoms with Crippen LogP contribution in [0.15, 0.2) is 0 Å². The third-order valence-corrected chi connectivity index (χ3v) is 3.76. The maximum Gasteiger partial charge on any atom is 0.236 e. The van der Waals surface area contributed by atoms with Gasteiger partial charge in [0.2, 0.25) is 9.76 Å². The summed E-state index contributed by atoms with van der Waals surface area (Å²) in [6.45, 7) is 12.2. The van der Waals surface area contributed by atoms with Crippen LogP contribution in [0.25, 0.3) is 0 Å². The molecule has 1 N–H and O–H groups in total. The van der Waals surface area contributed by atoms with Gasteiger partial charge in [-0.05, 0) is 38.3 Å². The Bertz CT molecular complexity index is 180. The van der Waals surface area contributed by atoms with Gasteiger partial charge in [-0.2, -0.15) is 0 Å². The van der Waals surface area contributed by atoms with Gasteiger partial charge in [0.1, 0.15) is 0 Å². The first-order chi connectivity index (χ1) is 6.31. The van der Waals surface area contributed by atoms with Gasteiger partial charge in [0.05, 0.1) is 5.60 Å². The van der Waals surface area contributed by atoms with E-state index < -0.39 is 0 Å². The fraction of sp³-hybridized carbons (Fsp3) is 1.00. The summed E-state index contributed by atoms with van der Waals surface area (Å²) < 4.78 is 6.04. The van der Waals surface area contributed by atoms with Gasteiger partial charge in [-0.25, -0.2) is 0 Å². The lowest BCUT2D eigenvalue weighted by atomic mass is 9.98. The van der Waals surface area contributed by atoms with Crippen molar-refractivity contribution in [2.45, 2.75) is 64.1 Å². The standard InChI is InChI=1S/C11H23NOSi/c1-10(2,3)14-13-11(4,5)9-7-6-8-12-9/h9,12H,6-8H2,1-5H3/t9-/m0/s1.